The van der Waals surface area contributed by atoms with Crippen molar-refractivity contribution in [3.8, 4) is 0 Å². The van der Waals surface area contributed by atoms with Gasteiger partial charge in [-0.15, -0.1) is 0 Å². The van der Waals surface area contributed by atoms with E-state index in [2.05, 4.69) is 9.97 Å². The number of imidazole rings is 1. The highest BCUT2D eigenvalue weighted by Crippen LogP contribution is 2.14. The number of nitrogens with one attached hydrogen (secondary N) is 1. The van der Waals surface area contributed by atoms with Gasteiger partial charge < -0.3 is 10.7 Å². The number of aromatic amines is 1. The zero-order valence-electron chi connectivity index (χ0n) is 9.03. The molecule has 0 saturated carbocycles. The van der Waals surface area contributed by atoms with Crippen LogP contribution >= 0.6 is 0 Å². The predicted molar refractivity (Wildman–Crippen MR) is 62.2 cm³/mol. The highest BCUT2D eigenvalue weighted by Gasteiger charge is 2.09. The predicted octanol–water partition coefficient (Wildman–Crippen LogP) is 1.73. The Kier molecular flexibility index (Phi) is 2.72. The normalized spacial score (nSPS) is 10.3. The van der Waals surface area contributed by atoms with E-state index in [4.69, 9.17) is 5.73 Å². The number of nitrogen functional groups attached to an aromatic ring is 1. The third kappa shape index (κ3) is 2.11. The van der Waals surface area contributed by atoms with Crippen LogP contribution in [0.25, 0.3) is 0 Å². The summed E-state index contributed by atoms with van der Waals surface area (Å²) >= 11 is 0. The van der Waals surface area contributed by atoms with Gasteiger partial charge in [0.05, 0.1) is 6.42 Å². The molecule has 2 rings (SSSR count). The van der Waals surface area contributed by atoms with Crippen molar-refractivity contribution in [1.29, 1.82) is 0 Å². The van der Waals surface area contributed by atoms with E-state index in [1.807, 2.05) is 13.0 Å². The highest BCUT2D eigenvalue weighted by molar-refractivity contribution is 5.98. The van der Waals surface area contributed by atoms with Crippen LogP contribution in [0.4, 0.5) is 5.69 Å². The van der Waals surface area contributed by atoms with Gasteiger partial charge in [0.25, 0.3) is 0 Å². The molecule has 0 aliphatic heterocycles. The number of aryl methyl sites for hydroxylation is 1. The fraction of sp³-hybridized carbons (Fsp3) is 0.167. The van der Waals surface area contributed by atoms with Crippen LogP contribution in [0, 0.1) is 6.92 Å². The van der Waals surface area contributed by atoms with Crippen LogP contribution in [0.2, 0.25) is 0 Å². The number of nitrogens with zero attached hydrogens (tertiary/aromatic N) is 1. The molecule has 1 heterocycles. The molecule has 0 aliphatic rings. The number of nitrogens with two attached hydrogens (primary N) is 1. The zero-order valence-corrected chi connectivity index (χ0v) is 9.03. The maximum atomic E-state index is 11.9. The second kappa shape index (κ2) is 4.18. The van der Waals surface area contributed by atoms with Gasteiger partial charge in [-0.25, -0.2) is 4.98 Å². The summed E-state index contributed by atoms with van der Waals surface area (Å²) in [5.74, 6) is 0.686. The third-order valence-electron chi connectivity index (χ3n) is 2.48. The minimum atomic E-state index is 0.0154. The zero-order chi connectivity index (χ0) is 11.5. The smallest absolute Gasteiger partial charge is 0.170 e. The van der Waals surface area contributed by atoms with E-state index >= 15 is 0 Å². The molecule has 4 nitrogen and oxygen atoms in total. The number of H-pyrrole nitrogens is 1. The van der Waals surface area contributed by atoms with Crippen LogP contribution in [0.3, 0.4) is 0 Å². The van der Waals surface area contributed by atoms with Gasteiger partial charge in [0.1, 0.15) is 5.82 Å². The van der Waals surface area contributed by atoms with Crippen molar-refractivity contribution >= 4 is 11.5 Å². The van der Waals surface area contributed by atoms with Crippen LogP contribution in [-0.2, 0) is 6.42 Å². The van der Waals surface area contributed by atoms with Gasteiger partial charge in [0.15, 0.2) is 5.78 Å². The van der Waals surface area contributed by atoms with Crippen molar-refractivity contribution in [3.05, 3.63) is 47.5 Å². The molecular weight excluding hydrogens is 202 g/mol. The first-order valence-electron chi connectivity index (χ1n) is 5.04. The lowest BCUT2D eigenvalue weighted by Gasteiger charge is -2.03. The lowest BCUT2D eigenvalue weighted by atomic mass is 10.0. The SMILES string of the molecule is Cc1ccc(C(=O)Cc2ncc[nH]2)cc1N. The Balaban J connectivity index is 2.18. The molecule has 16 heavy (non-hydrogen) atoms. The number of rotatable bonds is 3. The summed E-state index contributed by atoms with van der Waals surface area (Å²) in [5, 5.41) is 0. The molecule has 0 spiro atoms. The number of hydrogen-bond acceptors (Lipinski definition) is 3. The molecular formula is C12H13N3O. The van der Waals surface area contributed by atoms with Gasteiger partial charge in [-0.05, 0) is 18.6 Å². The first-order valence-corrected chi connectivity index (χ1v) is 5.04. The monoisotopic (exact) mass is 215 g/mol. The number of carbonyl (C=O) groups is 1. The minimum Gasteiger partial charge on any atom is -0.398 e. The molecule has 0 radical (unpaired) electrons. The number of aromatic nitrogens is 2. The van der Waals surface area contributed by atoms with Crippen LogP contribution in [0.1, 0.15) is 21.7 Å². The molecule has 0 unspecified atom stereocenters. The molecule has 0 aliphatic carbocycles. The van der Waals surface area contributed by atoms with Gasteiger partial charge in [-0.2, -0.15) is 0 Å². The fourth-order valence-corrected chi connectivity index (χ4v) is 1.46. The van der Waals surface area contributed by atoms with Crippen molar-refractivity contribution in [1.82, 2.24) is 9.97 Å². The van der Waals surface area contributed by atoms with Gasteiger partial charge >= 0.3 is 0 Å². The molecule has 0 saturated heterocycles. The fourth-order valence-electron chi connectivity index (χ4n) is 1.46. The van der Waals surface area contributed by atoms with Crippen LogP contribution < -0.4 is 5.73 Å². The molecule has 1 aromatic carbocycles. The first-order chi connectivity index (χ1) is 7.66. The Morgan fingerprint density at radius 2 is 2.31 bits per heavy atom. The number of Topliss-reactive ketones (excluding diaryl/α,β-unsaturated/α-hetero) is 1. The summed E-state index contributed by atoms with van der Waals surface area (Å²) < 4.78 is 0. The van der Waals surface area contributed by atoms with Gasteiger partial charge in [0.2, 0.25) is 0 Å². The van der Waals surface area contributed by atoms with Crippen LogP contribution in [-0.4, -0.2) is 15.8 Å². The first kappa shape index (κ1) is 10.4. The molecule has 0 fully saturated rings. The summed E-state index contributed by atoms with van der Waals surface area (Å²) in [5.41, 5.74) is 8.01. The van der Waals surface area contributed by atoms with Gasteiger partial charge in [0, 0.05) is 23.6 Å². The average molecular weight is 215 g/mol. The Morgan fingerprint density at radius 3 is 2.94 bits per heavy atom. The second-order valence-corrected chi connectivity index (χ2v) is 3.71. The van der Waals surface area contributed by atoms with Gasteiger partial charge in [-0.3, -0.25) is 4.79 Å². The summed E-state index contributed by atoms with van der Waals surface area (Å²) in [6.07, 6.45) is 3.60. The molecule has 0 bridgehead atoms. The van der Waals surface area contributed by atoms with Crippen molar-refractivity contribution < 1.29 is 4.79 Å². The van der Waals surface area contributed by atoms with E-state index in [0.717, 1.165) is 5.56 Å². The Bertz CT molecular complexity index is 503. The maximum Gasteiger partial charge on any atom is 0.170 e. The Morgan fingerprint density at radius 1 is 1.50 bits per heavy atom. The molecule has 2 aromatic rings. The second-order valence-electron chi connectivity index (χ2n) is 3.71. The van der Waals surface area contributed by atoms with Crippen molar-refractivity contribution in [3.63, 3.8) is 0 Å². The average Bonchev–Trinajstić information content (AvgIpc) is 2.74. The molecule has 1 aromatic heterocycles. The molecule has 0 atom stereocenters. The molecule has 0 amide bonds. The standard InChI is InChI=1S/C12H13N3O/c1-8-2-3-9(6-10(8)13)11(16)7-12-14-4-5-15-12/h2-6H,7,13H2,1H3,(H,14,15). The molecule has 3 N–H and O–H groups in total. The van der Waals surface area contributed by atoms with Crippen LogP contribution in [0.5, 0.6) is 0 Å². The largest absolute Gasteiger partial charge is 0.398 e. The van der Waals surface area contributed by atoms with E-state index in [0.29, 0.717) is 17.1 Å². The Hall–Kier alpha value is -2.10. The van der Waals surface area contributed by atoms with E-state index in [1.165, 1.54) is 0 Å². The van der Waals surface area contributed by atoms with E-state index in [-0.39, 0.29) is 12.2 Å². The summed E-state index contributed by atoms with van der Waals surface area (Å²) in [6, 6.07) is 5.35. The lowest BCUT2D eigenvalue weighted by Crippen LogP contribution is -2.06. The quantitative estimate of drug-likeness (QED) is 0.605. The van der Waals surface area contributed by atoms with Crippen molar-refractivity contribution in [2.45, 2.75) is 13.3 Å². The number of anilines is 1. The summed E-state index contributed by atoms with van der Waals surface area (Å²) in [7, 11) is 0. The third-order valence-corrected chi connectivity index (χ3v) is 2.48. The minimum absolute atomic E-state index is 0.0154. The number of carbonyl (C=O) groups excluding carboxylic acids is 1. The van der Waals surface area contributed by atoms with Gasteiger partial charge in [-0.1, -0.05) is 12.1 Å². The van der Waals surface area contributed by atoms with E-state index in [9.17, 15) is 4.79 Å². The topological polar surface area (TPSA) is 71.8 Å². The number of benzene rings is 1. The van der Waals surface area contributed by atoms with E-state index < -0.39 is 0 Å². The maximum absolute atomic E-state index is 11.9. The van der Waals surface area contributed by atoms with Crippen molar-refractivity contribution in [2.75, 3.05) is 5.73 Å². The van der Waals surface area contributed by atoms with Crippen molar-refractivity contribution in [2.24, 2.45) is 0 Å². The Labute approximate surface area is 93.5 Å². The number of ketones is 1. The highest BCUT2D eigenvalue weighted by atomic mass is 16.1. The molecule has 4 heteroatoms. The van der Waals surface area contributed by atoms with E-state index in [1.54, 1.807) is 24.5 Å². The molecule has 82 valence electrons. The van der Waals surface area contributed by atoms with Crippen LogP contribution in [0.15, 0.2) is 30.6 Å². The summed E-state index contributed by atoms with van der Waals surface area (Å²) in [6.45, 7) is 1.91. The lowest BCUT2D eigenvalue weighted by molar-refractivity contribution is 0.0991. The number of hydrogen-bond donors (Lipinski definition) is 2. The summed E-state index contributed by atoms with van der Waals surface area (Å²) in [4.78, 5) is 18.8.